The van der Waals surface area contributed by atoms with Crippen molar-refractivity contribution in [3.63, 3.8) is 0 Å². The summed E-state index contributed by atoms with van der Waals surface area (Å²) in [5, 5.41) is 27.9. The van der Waals surface area contributed by atoms with E-state index in [0.29, 0.717) is 0 Å². The lowest BCUT2D eigenvalue weighted by molar-refractivity contribution is -0.227. The predicted octanol–water partition coefficient (Wildman–Crippen LogP) is -1.42. The van der Waals surface area contributed by atoms with Crippen LogP contribution in [0, 0.1) is 0 Å². The summed E-state index contributed by atoms with van der Waals surface area (Å²) >= 11 is 0. The summed E-state index contributed by atoms with van der Waals surface area (Å²) in [7, 11) is 0. The first-order valence-electron chi connectivity index (χ1n) is 4.93. The number of rotatable bonds is 2. The van der Waals surface area contributed by atoms with Crippen molar-refractivity contribution < 1.29 is 29.5 Å². The highest BCUT2D eigenvalue weighted by Crippen LogP contribution is 2.38. The Balaban J connectivity index is 2.05. The number of fused-ring (bicyclic) bond motifs is 1. The molecular formula is C9H16O6. The molecule has 2 aliphatic heterocycles. The lowest BCUT2D eigenvalue weighted by Gasteiger charge is -2.24. The van der Waals surface area contributed by atoms with E-state index >= 15 is 0 Å². The van der Waals surface area contributed by atoms with Crippen molar-refractivity contribution in [3.8, 4) is 0 Å². The molecule has 6 nitrogen and oxygen atoms in total. The van der Waals surface area contributed by atoms with Crippen LogP contribution < -0.4 is 0 Å². The third-order valence-electron chi connectivity index (χ3n) is 2.62. The van der Waals surface area contributed by atoms with E-state index in [4.69, 9.17) is 19.3 Å². The zero-order chi connectivity index (χ0) is 11.2. The number of ether oxygens (including phenoxy) is 3. The molecule has 0 aromatic carbocycles. The lowest BCUT2D eigenvalue weighted by Crippen LogP contribution is -2.42. The largest absolute Gasteiger partial charge is 0.394 e. The minimum Gasteiger partial charge on any atom is -0.394 e. The predicted molar refractivity (Wildman–Crippen MR) is 47.8 cm³/mol. The molecule has 2 heterocycles. The third-order valence-corrected chi connectivity index (χ3v) is 2.62. The Morgan fingerprint density at radius 2 is 2.00 bits per heavy atom. The first kappa shape index (κ1) is 11.3. The van der Waals surface area contributed by atoms with Gasteiger partial charge in [0, 0.05) is 0 Å². The van der Waals surface area contributed by atoms with Gasteiger partial charge in [-0.15, -0.1) is 0 Å². The van der Waals surface area contributed by atoms with Crippen LogP contribution in [0.1, 0.15) is 13.8 Å². The van der Waals surface area contributed by atoms with Gasteiger partial charge in [0.1, 0.15) is 24.4 Å². The molecule has 0 aromatic heterocycles. The van der Waals surface area contributed by atoms with Crippen molar-refractivity contribution in [1.82, 2.24) is 0 Å². The summed E-state index contributed by atoms with van der Waals surface area (Å²) in [4.78, 5) is 0. The summed E-state index contributed by atoms with van der Waals surface area (Å²) in [5.41, 5.74) is 0. The monoisotopic (exact) mass is 220 g/mol. The van der Waals surface area contributed by atoms with E-state index in [1.165, 1.54) is 0 Å². The van der Waals surface area contributed by atoms with Gasteiger partial charge >= 0.3 is 0 Å². The fourth-order valence-corrected chi connectivity index (χ4v) is 1.94. The van der Waals surface area contributed by atoms with E-state index < -0.39 is 43.1 Å². The Morgan fingerprint density at radius 3 is 2.53 bits per heavy atom. The van der Waals surface area contributed by atoms with Crippen LogP contribution in [0.25, 0.3) is 0 Å². The van der Waals surface area contributed by atoms with Crippen LogP contribution in [0.3, 0.4) is 0 Å². The molecule has 6 heteroatoms. The van der Waals surface area contributed by atoms with E-state index in [9.17, 15) is 10.2 Å². The molecule has 0 aliphatic carbocycles. The van der Waals surface area contributed by atoms with Crippen LogP contribution in [0.15, 0.2) is 0 Å². The Bertz CT molecular complexity index is 243. The Morgan fingerprint density at radius 1 is 1.33 bits per heavy atom. The minimum absolute atomic E-state index is 0.468. The van der Waals surface area contributed by atoms with E-state index in [2.05, 4.69) is 0 Å². The number of aliphatic hydroxyl groups is 3. The van der Waals surface area contributed by atoms with Gasteiger partial charge in [0.2, 0.25) is 0 Å². The molecule has 0 aromatic rings. The zero-order valence-corrected chi connectivity index (χ0v) is 8.66. The second-order valence-electron chi connectivity index (χ2n) is 4.31. The summed E-state index contributed by atoms with van der Waals surface area (Å²) in [5.74, 6) is -0.786. The van der Waals surface area contributed by atoms with Gasteiger partial charge in [0.05, 0.1) is 6.61 Å². The van der Waals surface area contributed by atoms with Gasteiger partial charge in [-0.05, 0) is 13.8 Å². The highest BCUT2D eigenvalue weighted by molar-refractivity contribution is 4.95. The maximum Gasteiger partial charge on any atom is 0.190 e. The summed E-state index contributed by atoms with van der Waals surface area (Å²) in [6, 6.07) is 0. The van der Waals surface area contributed by atoms with Crippen LogP contribution in [0.2, 0.25) is 0 Å². The molecule has 0 amide bonds. The van der Waals surface area contributed by atoms with Crippen molar-refractivity contribution in [2.45, 2.75) is 50.3 Å². The van der Waals surface area contributed by atoms with Crippen LogP contribution in [0.5, 0.6) is 0 Å². The van der Waals surface area contributed by atoms with Crippen molar-refractivity contribution in [2.24, 2.45) is 0 Å². The van der Waals surface area contributed by atoms with Gasteiger partial charge in [0.25, 0.3) is 0 Å². The van der Waals surface area contributed by atoms with Crippen molar-refractivity contribution in [3.05, 3.63) is 0 Å². The van der Waals surface area contributed by atoms with Gasteiger partial charge in [-0.2, -0.15) is 0 Å². The fraction of sp³-hybridized carbons (Fsp3) is 1.00. The fourth-order valence-electron chi connectivity index (χ4n) is 1.94. The average Bonchev–Trinajstić information content (AvgIpc) is 2.60. The summed E-state index contributed by atoms with van der Waals surface area (Å²) in [6.45, 7) is 2.97. The van der Waals surface area contributed by atoms with Crippen LogP contribution >= 0.6 is 0 Å². The maximum atomic E-state index is 9.79. The maximum absolute atomic E-state index is 9.79. The molecule has 0 bridgehead atoms. The van der Waals surface area contributed by atoms with Crippen molar-refractivity contribution in [2.75, 3.05) is 6.61 Å². The van der Waals surface area contributed by atoms with Gasteiger partial charge in [-0.1, -0.05) is 0 Å². The number of hydrogen-bond donors (Lipinski definition) is 3. The van der Waals surface area contributed by atoms with E-state index in [-0.39, 0.29) is 0 Å². The molecule has 15 heavy (non-hydrogen) atoms. The van der Waals surface area contributed by atoms with Gasteiger partial charge < -0.3 is 29.5 Å². The topological polar surface area (TPSA) is 88.4 Å². The molecular weight excluding hydrogens is 204 g/mol. The second kappa shape index (κ2) is 3.65. The average molecular weight is 220 g/mol. The standard InChI is InChI=1S/C9H16O6/c1-9(2)14-7-5(12)6(4(11)3-10)13-8(7)15-9/h4-8,10-12H,3H2,1-2H3/t4-,5+,6-,7?,8-/m1/s1. The van der Waals surface area contributed by atoms with Crippen LogP contribution in [-0.4, -0.2) is 58.4 Å². The molecule has 2 aliphatic rings. The summed E-state index contributed by atoms with van der Waals surface area (Å²) < 4.78 is 16.1. The SMILES string of the molecule is CC1(C)OC2[C@H](O[C@H]([C@H](O)CO)[C@@H]2O)O1. The lowest BCUT2D eigenvalue weighted by atomic mass is 10.1. The van der Waals surface area contributed by atoms with E-state index in [1.807, 2.05) is 0 Å². The highest BCUT2D eigenvalue weighted by Gasteiger charge is 2.55. The van der Waals surface area contributed by atoms with Crippen LogP contribution in [0.4, 0.5) is 0 Å². The molecule has 3 N–H and O–H groups in total. The third kappa shape index (κ3) is 1.89. The zero-order valence-electron chi connectivity index (χ0n) is 8.66. The molecule has 1 unspecified atom stereocenters. The van der Waals surface area contributed by atoms with Gasteiger partial charge in [0.15, 0.2) is 12.1 Å². The second-order valence-corrected chi connectivity index (χ2v) is 4.31. The van der Waals surface area contributed by atoms with Gasteiger partial charge in [-0.3, -0.25) is 0 Å². The quantitative estimate of drug-likeness (QED) is 0.529. The first-order chi connectivity index (χ1) is 6.94. The molecule has 0 spiro atoms. The van der Waals surface area contributed by atoms with E-state index in [0.717, 1.165) is 0 Å². The Kier molecular flexibility index (Phi) is 2.74. The van der Waals surface area contributed by atoms with Gasteiger partial charge in [-0.25, -0.2) is 0 Å². The Labute approximate surface area is 87.4 Å². The minimum atomic E-state index is -1.12. The van der Waals surface area contributed by atoms with Crippen molar-refractivity contribution in [1.29, 1.82) is 0 Å². The molecule has 2 fully saturated rings. The smallest absolute Gasteiger partial charge is 0.190 e. The molecule has 2 rings (SSSR count). The number of hydrogen-bond acceptors (Lipinski definition) is 6. The molecule has 5 atom stereocenters. The molecule has 2 saturated heterocycles. The molecule has 0 saturated carbocycles. The Hall–Kier alpha value is -0.240. The van der Waals surface area contributed by atoms with Crippen LogP contribution in [-0.2, 0) is 14.2 Å². The highest BCUT2D eigenvalue weighted by atomic mass is 16.8. The first-order valence-corrected chi connectivity index (χ1v) is 4.93. The van der Waals surface area contributed by atoms with E-state index in [1.54, 1.807) is 13.8 Å². The summed E-state index contributed by atoms with van der Waals surface area (Å²) in [6.07, 6.45) is -4.26. The number of aliphatic hydroxyl groups excluding tert-OH is 3. The molecule has 88 valence electrons. The normalized spacial score (nSPS) is 45.4. The molecule has 0 radical (unpaired) electrons. The van der Waals surface area contributed by atoms with Crippen molar-refractivity contribution >= 4 is 0 Å².